The molecule has 0 spiro atoms. The summed E-state index contributed by atoms with van der Waals surface area (Å²) in [6.07, 6.45) is 0. The van der Waals surface area contributed by atoms with E-state index in [-0.39, 0.29) is 17.2 Å². The van der Waals surface area contributed by atoms with Crippen molar-refractivity contribution in [3.63, 3.8) is 0 Å². The Morgan fingerprint density at radius 2 is 2.26 bits per heavy atom. The molecule has 2 unspecified atom stereocenters. The summed E-state index contributed by atoms with van der Waals surface area (Å²) in [5.74, 6) is 1.93. The molecule has 0 aromatic carbocycles. The topological polar surface area (TPSA) is 58.6 Å². The average molecular weight is 310 g/mol. The first-order chi connectivity index (χ1) is 9.03. The molecule has 114 valence electrons. The number of ether oxygens (including phenoxy) is 1. The Morgan fingerprint density at radius 1 is 1.53 bits per heavy atom. The molecule has 0 saturated carbocycles. The van der Waals surface area contributed by atoms with Crippen molar-refractivity contribution in [3.05, 3.63) is 0 Å². The maximum atomic E-state index is 12.2. The zero-order valence-corrected chi connectivity index (χ0v) is 13.7. The first kappa shape index (κ1) is 17.2. The van der Waals surface area contributed by atoms with E-state index in [1.807, 2.05) is 0 Å². The van der Waals surface area contributed by atoms with Crippen molar-refractivity contribution in [2.75, 3.05) is 50.6 Å². The van der Waals surface area contributed by atoms with Crippen LogP contribution in [0, 0.1) is 0 Å². The van der Waals surface area contributed by atoms with Crippen molar-refractivity contribution in [3.8, 4) is 0 Å². The Balaban J connectivity index is 2.56. The second-order valence-corrected chi connectivity index (χ2v) is 8.36. The van der Waals surface area contributed by atoms with Crippen molar-refractivity contribution in [1.29, 1.82) is 0 Å². The summed E-state index contributed by atoms with van der Waals surface area (Å²) in [5, 5.41) is 2.98. The molecule has 0 bridgehead atoms. The predicted octanol–water partition coefficient (Wildman–Crippen LogP) is 0.421. The Hall–Kier alpha value is 0.180. The summed E-state index contributed by atoms with van der Waals surface area (Å²) in [4.78, 5) is 2.13. The van der Waals surface area contributed by atoms with Gasteiger partial charge in [-0.15, -0.1) is 0 Å². The summed E-state index contributed by atoms with van der Waals surface area (Å²) in [5.41, 5.74) is 0. The minimum absolute atomic E-state index is 0.221. The second-order valence-electron chi connectivity index (χ2n) is 4.76. The van der Waals surface area contributed by atoms with Gasteiger partial charge in [0.2, 0.25) is 0 Å². The number of methoxy groups -OCH3 is 1. The number of rotatable bonds is 8. The van der Waals surface area contributed by atoms with Gasteiger partial charge < -0.3 is 10.1 Å². The van der Waals surface area contributed by atoms with Crippen LogP contribution >= 0.6 is 11.8 Å². The standard InChI is InChI=1S/C12H26N2O3S2/c1-4-19(15,16)12-10-18-8-6-14(12)11(2)9-13-5-7-17-3/h11-13H,4-10H2,1-3H3. The summed E-state index contributed by atoms with van der Waals surface area (Å²) < 4.78 is 29.3. The van der Waals surface area contributed by atoms with Crippen LogP contribution in [0.25, 0.3) is 0 Å². The number of hydrogen-bond acceptors (Lipinski definition) is 6. The van der Waals surface area contributed by atoms with Crippen LogP contribution in [-0.4, -0.2) is 75.3 Å². The molecule has 1 saturated heterocycles. The Bertz CT molecular complexity index is 349. The molecule has 7 heteroatoms. The molecule has 0 aromatic rings. The van der Waals surface area contributed by atoms with E-state index >= 15 is 0 Å². The highest BCUT2D eigenvalue weighted by Gasteiger charge is 2.35. The van der Waals surface area contributed by atoms with Crippen LogP contribution in [0.1, 0.15) is 13.8 Å². The molecule has 1 aliphatic heterocycles. The van der Waals surface area contributed by atoms with E-state index in [2.05, 4.69) is 17.1 Å². The first-order valence-corrected chi connectivity index (χ1v) is 9.64. The summed E-state index contributed by atoms with van der Waals surface area (Å²) >= 11 is 1.74. The highest BCUT2D eigenvalue weighted by atomic mass is 32.2. The van der Waals surface area contributed by atoms with Gasteiger partial charge in [-0.3, -0.25) is 4.90 Å². The third-order valence-corrected chi connectivity index (χ3v) is 6.73. The molecule has 5 nitrogen and oxygen atoms in total. The minimum Gasteiger partial charge on any atom is -0.383 e. The fourth-order valence-electron chi connectivity index (χ4n) is 2.20. The quantitative estimate of drug-likeness (QED) is 0.656. The van der Waals surface area contributed by atoms with Crippen LogP contribution in [0.5, 0.6) is 0 Å². The van der Waals surface area contributed by atoms with E-state index in [0.717, 1.165) is 25.4 Å². The average Bonchev–Trinajstić information content (AvgIpc) is 2.43. The largest absolute Gasteiger partial charge is 0.383 e. The van der Waals surface area contributed by atoms with Gasteiger partial charge in [0.1, 0.15) is 5.37 Å². The summed E-state index contributed by atoms with van der Waals surface area (Å²) in [6.45, 7) is 6.95. The third-order valence-electron chi connectivity index (χ3n) is 3.43. The van der Waals surface area contributed by atoms with Crippen LogP contribution in [0.2, 0.25) is 0 Å². The SMILES string of the molecule is CCS(=O)(=O)C1CSCCN1C(C)CNCCOC. The molecule has 0 amide bonds. The van der Waals surface area contributed by atoms with E-state index in [1.54, 1.807) is 25.8 Å². The summed E-state index contributed by atoms with van der Waals surface area (Å²) in [7, 11) is -1.32. The minimum atomic E-state index is -3.00. The lowest BCUT2D eigenvalue weighted by molar-refractivity contribution is 0.180. The van der Waals surface area contributed by atoms with Gasteiger partial charge in [0.25, 0.3) is 0 Å². The smallest absolute Gasteiger partial charge is 0.166 e. The zero-order valence-electron chi connectivity index (χ0n) is 12.1. The van der Waals surface area contributed by atoms with Crippen molar-refractivity contribution in [1.82, 2.24) is 10.2 Å². The Labute approximate surface area is 121 Å². The van der Waals surface area contributed by atoms with Crippen molar-refractivity contribution >= 4 is 21.6 Å². The van der Waals surface area contributed by atoms with Crippen LogP contribution in [0.4, 0.5) is 0 Å². The number of sulfone groups is 1. The predicted molar refractivity (Wildman–Crippen MR) is 81.5 cm³/mol. The molecular formula is C12H26N2O3S2. The highest BCUT2D eigenvalue weighted by Crippen LogP contribution is 2.23. The molecule has 0 aromatic heterocycles. The molecular weight excluding hydrogens is 284 g/mol. The molecule has 0 aliphatic carbocycles. The number of nitrogens with zero attached hydrogens (tertiary/aromatic N) is 1. The normalized spacial score (nSPS) is 23.4. The van der Waals surface area contributed by atoms with Crippen LogP contribution < -0.4 is 5.32 Å². The first-order valence-electron chi connectivity index (χ1n) is 6.77. The van der Waals surface area contributed by atoms with E-state index in [4.69, 9.17) is 4.74 Å². The van der Waals surface area contributed by atoms with E-state index in [0.29, 0.717) is 12.4 Å². The van der Waals surface area contributed by atoms with Gasteiger partial charge in [-0.25, -0.2) is 8.42 Å². The molecule has 2 atom stereocenters. The van der Waals surface area contributed by atoms with E-state index in [9.17, 15) is 8.42 Å². The number of nitrogens with one attached hydrogen (secondary N) is 1. The lowest BCUT2D eigenvalue weighted by atomic mass is 10.2. The molecule has 1 rings (SSSR count). The van der Waals surface area contributed by atoms with Gasteiger partial charge >= 0.3 is 0 Å². The van der Waals surface area contributed by atoms with Gasteiger partial charge in [0.05, 0.1) is 6.61 Å². The Morgan fingerprint density at radius 3 is 2.89 bits per heavy atom. The van der Waals surface area contributed by atoms with Gasteiger partial charge in [-0.1, -0.05) is 6.92 Å². The second kappa shape index (κ2) is 8.46. The fourth-order valence-corrected chi connectivity index (χ4v) is 5.33. The molecule has 1 N–H and O–H groups in total. The van der Waals surface area contributed by atoms with Crippen LogP contribution in [0.3, 0.4) is 0 Å². The lowest BCUT2D eigenvalue weighted by Crippen LogP contribution is -2.54. The molecule has 1 aliphatic rings. The Kier molecular flexibility index (Phi) is 7.68. The van der Waals surface area contributed by atoms with Crippen molar-refractivity contribution < 1.29 is 13.2 Å². The van der Waals surface area contributed by atoms with Crippen molar-refractivity contribution in [2.45, 2.75) is 25.3 Å². The maximum absolute atomic E-state index is 12.2. The number of thioether (sulfide) groups is 1. The fraction of sp³-hybridized carbons (Fsp3) is 1.00. The maximum Gasteiger partial charge on any atom is 0.166 e. The summed E-state index contributed by atoms with van der Waals surface area (Å²) in [6, 6.07) is 0.226. The van der Waals surface area contributed by atoms with E-state index in [1.165, 1.54) is 0 Å². The van der Waals surface area contributed by atoms with Crippen molar-refractivity contribution in [2.24, 2.45) is 0 Å². The molecule has 0 radical (unpaired) electrons. The van der Waals surface area contributed by atoms with Gasteiger partial charge in [-0.2, -0.15) is 11.8 Å². The molecule has 1 fully saturated rings. The van der Waals surface area contributed by atoms with Gasteiger partial charge in [0, 0.05) is 50.0 Å². The zero-order chi connectivity index (χ0) is 14.3. The van der Waals surface area contributed by atoms with Gasteiger partial charge in [0.15, 0.2) is 9.84 Å². The van der Waals surface area contributed by atoms with E-state index < -0.39 is 9.84 Å². The number of hydrogen-bond donors (Lipinski definition) is 1. The van der Waals surface area contributed by atoms with Gasteiger partial charge in [-0.05, 0) is 6.92 Å². The monoisotopic (exact) mass is 310 g/mol. The lowest BCUT2D eigenvalue weighted by Gasteiger charge is -2.39. The van der Waals surface area contributed by atoms with Crippen LogP contribution in [0.15, 0.2) is 0 Å². The third kappa shape index (κ3) is 5.23. The molecule has 1 heterocycles. The van der Waals surface area contributed by atoms with Crippen LogP contribution in [-0.2, 0) is 14.6 Å². The highest BCUT2D eigenvalue weighted by molar-refractivity contribution is 8.01. The molecule has 19 heavy (non-hydrogen) atoms.